The van der Waals surface area contributed by atoms with E-state index in [1.807, 2.05) is 22.4 Å². The largest absolute Gasteiger partial charge is 0.344 e. The summed E-state index contributed by atoms with van der Waals surface area (Å²) in [5, 5.41) is 3.74. The topological polar surface area (TPSA) is 62.2 Å². The van der Waals surface area contributed by atoms with E-state index in [4.69, 9.17) is 0 Å². The maximum Gasteiger partial charge on any atom is 0.273 e. The van der Waals surface area contributed by atoms with Crippen molar-refractivity contribution in [2.24, 2.45) is 0 Å². The average Bonchev–Trinajstić information content (AvgIpc) is 3.46. The minimum absolute atomic E-state index is 0.00640. The van der Waals surface area contributed by atoms with Gasteiger partial charge in [-0.15, -0.1) is 11.3 Å². The van der Waals surface area contributed by atoms with Gasteiger partial charge in [-0.1, -0.05) is 49.4 Å². The standard InChI is InChI=1S/C23H23N5OS2/c1-15(2)16-5-7-17(8-6-16)20-25-19(14-30-20)22(29)27-10-12-28(13-11-27)23-26-18-4-3-9-24-21(18)31-23/h3-9,14-15H,10-13H2,1-2H3. The molecule has 6 nitrogen and oxygen atoms in total. The number of thiazole rings is 2. The number of benzene rings is 1. The summed E-state index contributed by atoms with van der Waals surface area (Å²) in [6.45, 7) is 7.22. The second-order valence-electron chi connectivity index (χ2n) is 7.92. The lowest BCUT2D eigenvalue weighted by molar-refractivity contribution is 0.0742. The first-order valence-electron chi connectivity index (χ1n) is 10.4. The molecule has 158 valence electrons. The number of hydrogen-bond acceptors (Lipinski definition) is 7. The van der Waals surface area contributed by atoms with Gasteiger partial charge in [0.15, 0.2) is 5.13 Å². The highest BCUT2D eigenvalue weighted by Gasteiger charge is 2.25. The molecule has 1 fully saturated rings. The SMILES string of the molecule is CC(C)c1ccc(-c2nc(C(=O)N3CCN(c4nc5cccnc5s4)CC3)cs2)cc1. The van der Waals surface area contributed by atoms with E-state index < -0.39 is 0 Å². The molecule has 1 amide bonds. The van der Waals surface area contributed by atoms with Crippen LogP contribution in [0.15, 0.2) is 48.0 Å². The summed E-state index contributed by atoms with van der Waals surface area (Å²) in [6, 6.07) is 12.4. The van der Waals surface area contributed by atoms with E-state index >= 15 is 0 Å². The molecule has 0 N–H and O–H groups in total. The zero-order chi connectivity index (χ0) is 21.4. The van der Waals surface area contributed by atoms with Crippen LogP contribution in [-0.2, 0) is 0 Å². The Morgan fingerprint density at radius 2 is 1.81 bits per heavy atom. The normalized spacial score (nSPS) is 14.5. The molecule has 1 saturated heterocycles. The summed E-state index contributed by atoms with van der Waals surface area (Å²) in [5.74, 6) is 0.507. The molecular weight excluding hydrogens is 426 g/mol. The van der Waals surface area contributed by atoms with E-state index in [1.165, 1.54) is 16.9 Å². The maximum absolute atomic E-state index is 13.0. The van der Waals surface area contributed by atoms with Crippen molar-refractivity contribution in [1.82, 2.24) is 19.9 Å². The molecule has 5 rings (SSSR count). The lowest BCUT2D eigenvalue weighted by Gasteiger charge is -2.34. The quantitative estimate of drug-likeness (QED) is 0.443. The molecule has 4 aromatic rings. The number of carbonyl (C=O) groups excluding carboxylic acids is 1. The number of rotatable bonds is 4. The van der Waals surface area contributed by atoms with Crippen molar-refractivity contribution >= 4 is 44.1 Å². The third-order valence-corrected chi connectivity index (χ3v) is 7.47. The maximum atomic E-state index is 13.0. The molecule has 0 atom stereocenters. The molecule has 0 aliphatic carbocycles. The van der Waals surface area contributed by atoms with E-state index in [2.05, 4.69) is 58.0 Å². The molecule has 0 bridgehead atoms. The van der Waals surface area contributed by atoms with E-state index in [9.17, 15) is 4.79 Å². The van der Waals surface area contributed by atoms with Gasteiger partial charge in [0.2, 0.25) is 0 Å². The van der Waals surface area contributed by atoms with Crippen LogP contribution >= 0.6 is 22.7 Å². The van der Waals surface area contributed by atoms with Crippen LogP contribution in [0.2, 0.25) is 0 Å². The van der Waals surface area contributed by atoms with Crippen LogP contribution in [0.5, 0.6) is 0 Å². The van der Waals surface area contributed by atoms with Crippen molar-refractivity contribution < 1.29 is 4.79 Å². The van der Waals surface area contributed by atoms with Gasteiger partial charge in [0.05, 0.1) is 0 Å². The van der Waals surface area contributed by atoms with E-state index in [-0.39, 0.29) is 5.91 Å². The third kappa shape index (κ3) is 4.05. The van der Waals surface area contributed by atoms with Gasteiger partial charge in [0.25, 0.3) is 5.91 Å². The Labute approximate surface area is 189 Å². The van der Waals surface area contributed by atoms with Gasteiger partial charge in [-0.05, 0) is 23.6 Å². The second kappa shape index (κ2) is 8.36. The summed E-state index contributed by atoms with van der Waals surface area (Å²) in [4.78, 5) is 31.8. The third-order valence-electron chi connectivity index (χ3n) is 5.54. The summed E-state index contributed by atoms with van der Waals surface area (Å²) in [5.41, 5.74) is 3.82. The Kier molecular flexibility index (Phi) is 5.41. The molecule has 1 aromatic carbocycles. The average molecular weight is 450 g/mol. The minimum Gasteiger partial charge on any atom is -0.344 e. The van der Waals surface area contributed by atoms with E-state index in [0.717, 1.165) is 39.1 Å². The van der Waals surface area contributed by atoms with Crippen molar-refractivity contribution in [2.75, 3.05) is 31.1 Å². The summed E-state index contributed by atoms with van der Waals surface area (Å²) < 4.78 is 0. The monoisotopic (exact) mass is 449 g/mol. The van der Waals surface area contributed by atoms with Gasteiger partial charge in [-0.3, -0.25) is 4.79 Å². The number of aromatic nitrogens is 3. The smallest absolute Gasteiger partial charge is 0.273 e. The van der Waals surface area contributed by atoms with Crippen molar-refractivity contribution in [2.45, 2.75) is 19.8 Å². The molecule has 1 aliphatic rings. The van der Waals surface area contributed by atoms with E-state index in [1.54, 1.807) is 17.5 Å². The van der Waals surface area contributed by atoms with Gasteiger partial charge < -0.3 is 9.80 Å². The Morgan fingerprint density at radius 3 is 2.52 bits per heavy atom. The Hall–Kier alpha value is -2.84. The number of carbonyl (C=O) groups is 1. The number of amides is 1. The predicted octanol–water partition coefficient (Wildman–Crippen LogP) is 4.90. The molecular formula is C23H23N5OS2. The highest BCUT2D eigenvalue weighted by molar-refractivity contribution is 7.21. The van der Waals surface area contributed by atoms with Crippen LogP contribution in [0.1, 0.15) is 35.8 Å². The Bertz CT molecular complexity index is 1170. The highest BCUT2D eigenvalue weighted by Crippen LogP contribution is 2.29. The zero-order valence-electron chi connectivity index (χ0n) is 17.5. The van der Waals surface area contributed by atoms with Gasteiger partial charge in [-0.25, -0.2) is 15.0 Å². The molecule has 3 aromatic heterocycles. The van der Waals surface area contributed by atoms with Crippen LogP contribution in [-0.4, -0.2) is 51.9 Å². The van der Waals surface area contributed by atoms with Crippen molar-refractivity contribution in [1.29, 1.82) is 0 Å². The predicted molar refractivity (Wildman–Crippen MR) is 127 cm³/mol. The number of fused-ring (bicyclic) bond motifs is 1. The molecule has 0 radical (unpaired) electrons. The molecule has 0 saturated carbocycles. The summed E-state index contributed by atoms with van der Waals surface area (Å²) in [6.07, 6.45) is 1.79. The van der Waals surface area contributed by atoms with Crippen molar-refractivity contribution in [3.8, 4) is 10.6 Å². The minimum atomic E-state index is 0.00640. The van der Waals surface area contributed by atoms with Gasteiger partial charge in [-0.2, -0.15) is 0 Å². The highest BCUT2D eigenvalue weighted by atomic mass is 32.1. The molecule has 0 unspecified atom stereocenters. The lowest BCUT2D eigenvalue weighted by Crippen LogP contribution is -2.48. The Balaban J connectivity index is 1.24. The Morgan fingerprint density at radius 1 is 1.03 bits per heavy atom. The second-order valence-corrected chi connectivity index (χ2v) is 9.73. The number of anilines is 1. The molecule has 1 aliphatic heterocycles. The van der Waals surface area contributed by atoms with Crippen LogP contribution < -0.4 is 4.90 Å². The van der Waals surface area contributed by atoms with Crippen molar-refractivity contribution in [3.63, 3.8) is 0 Å². The number of hydrogen-bond donors (Lipinski definition) is 0. The number of nitrogens with zero attached hydrogens (tertiary/aromatic N) is 5. The first kappa shape index (κ1) is 20.1. The number of piperazine rings is 1. The van der Waals surface area contributed by atoms with Crippen molar-refractivity contribution in [3.05, 3.63) is 59.2 Å². The van der Waals surface area contributed by atoms with Gasteiger partial charge >= 0.3 is 0 Å². The van der Waals surface area contributed by atoms with Gasteiger partial charge in [0, 0.05) is 43.3 Å². The molecule has 31 heavy (non-hydrogen) atoms. The molecule has 8 heteroatoms. The van der Waals surface area contributed by atoms with Crippen LogP contribution in [0, 0.1) is 0 Å². The summed E-state index contributed by atoms with van der Waals surface area (Å²) in [7, 11) is 0. The van der Waals surface area contributed by atoms with Crippen LogP contribution in [0.3, 0.4) is 0 Å². The molecule has 0 spiro atoms. The molecule has 4 heterocycles. The number of pyridine rings is 1. The van der Waals surface area contributed by atoms with E-state index in [0.29, 0.717) is 24.7 Å². The fourth-order valence-electron chi connectivity index (χ4n) is 3.67. The lowest BCUT2D eigenvalue weighted by atomic mass is 10.0. The first-order valence-corrected chi connectivity index (χ1v) is 12.1. The van der Waals surface area contributed by atoms with Gasteiger partial charge in [0.1, 0.15) is 21.0 Å². The zero-order valence-corrected chi connectivity index (χ0v) is 19.1. The fraction of sp³-hybridized carbons (Fsp3) is 0.304. The van der Waals surface area contributed by atoms with Crippen LogP contribution in [0.4, 0.5) is 5.13 Å². The first-order chi connectivity index (χ1) is 15.1. The van der Waals surface area contributed by atoms with Crippen LogP contribution in [0.25, 0.3) is 20.9 Å². The fourth-order valence-corrected chi connectivity index (χ4v) is 5.43. The summed E-state index contributed by atoms with van der Waals surface area (Å²) >= 11 is 3.13.